The average molecular weight is 373 g/mol. The monoisotopic (exact) mass is 373 g/mol. The van der Waals surface area contributed by atoms with Crippen LogP contribution in [0.2, 0.25) is 0 Å². The Morgan fingerprint density at radius 2 is 1.82 bits per heavy atom. The molecule has 1 N–H and O–H groups in total. The molecule has 2 aromatic carbocycles. The number of aliphatic hydroxyl groups is 1. The Hall–Kier alpha value is -0.736. The molecule has 22 heavy (non-hydrogen) atoms. The Balaban J connectivity index is 0.00000242. The summed E-state index contributed by atoms with van der Waals surface area (Å²) in [4.78, 5) is 2.14. The normalized spacial score (nSPS) is 13.3. The van der Waals surface area contributed by atoms with Gasteiger partial charge in [0.05, 0.1) is 0 Å². The summed E-state index contributed by atoms with van der Waals surface area (Å²) in [6.45, 7) is 2.16. The van der Waals surface area contributed by atoms with Crippen molar-refractivity contribution in [1.82, 2.24) is 4.90 Å². The van der Waals surface area contributed by atoms with Crippen LogP contribution in [0, 0.1) is 6.07 Å². The zero-order valence-electron chi connectivity index (χ0n) is 13.4. The number of aliphatic hydroxyl groups excluding tert-OH is 1. The van der Waals surface area contributed by atoms with E-state index in [0.717, 1.165) is 11.1 Å². The van der Waals surface area contributed by atoms with Gasteiger partial charge in [-0.2, -0.15) is 12.1 Å². The molecule has 2 aromatic rings. The van der Waals surface area contributed by atoms with Gasteiger partial charge in [0.1, 0.15) is 6.10 Å². The molecule has 2 atom stereocenters. The van der Waals surface area contributed by atoms with Gasteiger partial charge < -0.3 is 14.7 Å². The molecule has 0 saturated heterocycles. The third-order valence-corrected chi connectivity index (χ3v) is 3.67. The molecule has 0 aliphatic rings. The molecule has 2 unspecified atom stereocenters. The second-order valence-electron chi connectivity index (χ2n) is 5.37. The molecule has 4 heteroatoms. The summed E-state index contributed by atoms with van der Waals surface area (Å²) in [5.74, 6) is 0.690. The van der Waals surface area contributed by atoms with Gasteiger partial charge in [-0.15, -0.1) is 17.7 Å². The molecule has 0 saturated carbocycles. The molecule has 0 amide bonds. The van der Waals surface area contributed by atoms with Crippen LogP contribution in [-0.2, 0) is 39.3 Å². The van der Waals surface area contributed by atoms with Crippen LogP contribution in [0.15, 0.2) is 48.5 Å². The molecule has 0 aliphatic heterocycles. The predicted octanol–water partition coefficient (Wildman–Crippen LogP) is 3.05. The molecule has 115 valence electrons. The first-order valence-corrected chi connectivity index (χ1v) is 7.11. The standard InChI is InChI=1S/C18H22NO2.Y/c1-14(19(2)3)18(16-7-5-4-6-8-16)21-17-11-9-15(13-20)10-12-17;/h4-11,14,18,20H,13H2,1-3H3;/q-1;. The van der Waals surface area contributed by atoms with Crippen molar-refractivity contribution < 1.29 is 42.6 Å². The maximum Gasteiger partial charge on any atom is 0.136 e. The average Bonchev–Trinajstić information content (AvgIpc) is 2.53. The van der Waals surface area contributed by atoms with Crippen LogP contribution < -0.4 is 4.74 Å². The van der Waals surface area contributed by atoms with Crippen molar-refractivity contribution in [3.63, 3.8) is 0 Å². The first kappa shape index (κ1) is 19.3. The maximum absolute atomic E-state index is 9.08. The van der Waals surface area contributed by atoms with Gasteiger partial charge in [-0.05, 0) is 26.6 Å². The zero-order valence-corrected chi connectivity index (χ0v) is 16.2. The summed E-state index contributed by atoms with van der Waals surface area (Å²) in [6, 6.07) is 19.0. The molecule has 0 heterocycles. The molecular formula is C18H22NO2Y-. The zero-order chi connectivity index (χ0) is 15.2. The number of ether oxygens (including phenoxy) is 1. The largest absolute Gasteiger partial charge is 0.510 e. The first-order chi connectivity index (χ1) is 10.1. The van der Waals surface area contributed by atoms with Crippen molar-refractivity contribution in [2.75, 3.05) is 14.1 Å². The third-order valence-electron chi connectivity index (χ3n) is 3.67. The van der Waals surface area contributed by atoms with Crippen molar-refractivity contribution in [2.24, 2.45) is 0 Å². The number of likely N-dealkylation sites (N-methyl/N-ethyl adjacent to an activating group) is 1. The van der Waals surface area contributed by atoms with Gasteiger partial charge in [0.25, 0.3) is 0 Å². The smallest absolute Gasteiger partial charge is 0.136 e. The van der Waals surface area contributed by atoms with Gasteiger partial charge in [-0.3, -0.25) is 0 Å². The molecule has 0 aliphatic carbocycles. The number of rotatable bonds is 6. The number of hydrogen-bond acceptors (Lipinski definition) is 3. The van der Waals surface area contributed by atoms with Crippen molar-refractivity contribution in [1.29, 1.82) is 0 Å². The molecule has 1 radical (unpaired) electrons. The molecular weight excluding hydrogens is 351 g/mol. The molecule has 0 fully saturated rings. The fourth-order valence-corrected chi connectivity index (χ4v) is 2.11. The minimum absolute atomic E-state index is 0. The van der Waals surface area contributed by atoms with E-state index in [4.69, 9.17) is 9.84 Å². The van der Waals surface area contributed by atoms with Crippen molar-refractivity contribution in [3.8, 4) is 5.75 Å². The molecule has 2 rings (SSSR count). The fourth-order valence-electron chi connectivity index (χ4n) is 2.11. The van der Waals surface area contributed by atoms with Gasteiger partial charge in [-0.25, -0.2) is 0 Å². The van der Waals surface area contributed by atoms with E-state index in [1.807, 2.05) is 44.4 Å². The second-order valence-corrected chi connectivity index (χ2v) is 5.37. The molecule has 0 spiro atoms. The van der Waals surface area contributed by atoms with Crippen LogP contribution in [0.5, 0.6) is 5.75 Å². The third kappa shape index (κ3) is 5.17. The van der Waals surface area contributed by atoms with E-state index in [1.165, 1.54) is 0 Å². The SMILES string of the molecule is CC(C(Oc1[c-]cc(CO)cc1)c1ccccc1)N(C)C.[Y]. The summed E-state index contributed by atoms with van der Waals surface area (Å²) in [6.07, 6.45) is -0.0718. The van der Waals surface area contributed by atoms with E-state index in [0.29, 0.717) is 5.75 Å². The summed E-state index contributed by atoms with van der Waals surface area (Å²) in [5.41, 5.74) is 1.97. The predicted molar refractivity (Wildman–Crippen MR) is 84.2 cm³/mol. The second kappa shape index (κ2) is 9.41. The minimum Gasteiger partial charge on any atom is -0.510 e. The van der Waals surface area contributed by atoms with Crippen LogP contribution in [0.4, 0.5) is 0 Å². The Morgan fingerprint density at radius 1 is 1.14 bits per heavy atom. The van der Waals surface area contributed by atoms with Crippen LogP contribution in [0.1, 0.15) is 24.2 Å². The van der Waals surface area contributed by atoms with Crippen LogP contribution in [0.25, 0.3) is 0 Å². The van der Waals surface area contributed by atoms with Crippen LogP contribution >= 0.6 is 0 Å². The molecule has 0 aromatic heterocycles. The summed E-state index contributed by atoms with van der Waals surface area (Å²) in [7, 11) is 4.09. The van der Waals surface area contributed by atoms with Crippen molar-refractivity contribution in [3.05, 3.63) is 65.7 Å². The van der Waals surface area contributed by atoms with Gasteiger partial charge >= 0.3 is 0 Å². The van der Waals surface area contributed by atoms with Crippen molar-refractivity contribution >= 4 is 0 Å². The van der Waals surface area contributed by atoms with E-state index in [1.54, 1.807) is 6.07 Å². The van der Waals surface area contributed by atoms with Gasteiger partial charge in [0, 0.05) is 51.1 Å². The van der Waals surface area contributed by atoms with E-state index < -0.39 is 0 Å². The Labute approximate surface area is 158 Å². The molecule has 0 bridgehead atoms. The Morgan fingerprint density at radius 3 is 2.32 bits per heavy atom. The topological polar surface area (TPSA) is 32.7 Å². The quantitative estimate of drug-likeness (QED) is 0.791. The van der Waals surface area contributed by atoms with E-state index in [9.17, 15) is 0 Å². The first-order valence-electron chi connectivity index (χ1n) is 7.11. The summed E-state index contributed by atoms with van der Waals surface area (Å²) >= 11 is 0. The minimum atomic E-state index is -0.0718. The van der Waals surface area contributed by atoms with Crippen molar-refractivity contribution in [2.45, 2.75) is 25.7 Å². The Bertz CT molecular complexity index is 543. The maximum atomic E-state index is 9.08. The van der Waals surface area contributed by atoms with Gasteiger partial charge in [-0.1, -0.05) is 30.3 Å². The van der Waals surface area contributed by atoms with E-state index >= 15 is 0 Å². The summed E-state index contributed by atoms with van der Waals surface area (Å²) in [5, 5.41) is 9.08. The number of nitrogens with zero attached hydrogens (tertiary/aromatic N) is 1. The van der Waals surface area contributed by atoms with Gasteiger partial charge in [0.2, 0.25) is 0 Å². The van der Waals surface area contributed by atoms with Crippen LogP contribution in [0.3, 0.4) is 0 Å². The molecule has 3 nitrogen and oxygen atoms in total. The van der Waals surface area contributed by atoms with Gasteiger partial charge in [0.15, 0.2) is 0 Å². The fraction of sp³-hybridized carbons (Fsp3) is 0.333. The van der Waals surface area contributed by atoms with Crippen LogP contribution in [-0.4, -0.2) is 30.1 Å². The number of benzene rings is 2. The van der Waals surface area contributed by atoms with E-state index in [-0.39, 0.29) is 51.5 Å². The summed E-state index contributed by atoms with van der Waals surface area (Å²) < 4.78 is 6.14. The van der Waals surface area contributed by atoms with E-state index in [2.05, 4.69) is 30.0 Å². The number of hydrogen-bond donors (Lipinski definition) is 1. The Kier molecular flexibility index (Phi) is 8.26.